The topological polar surface area (TPSA) is 72.2 Å². The Bertz CT molecular complexity index is 637. The predicted molar refractivity (Wildman–Crippen MR) is 69.5 cm³/mol. The summed E-state index contributed by atoms with van der Waals surface area (Å²) in [5.74, 6) is -1.32. The zero-order chi connectivity index (χ0) is 12.4. The third-order valence-corrected chi connectivity index (χ3v) is 3.02. The van der Waals surface area contributed by atoms with E-state index in [4.69, 9.17) is 5.11 Å². The minimum Gasteiger partial charge on any atom is -0.476 e. The molecule has 0 bridgehead atoms. The van der Waals surface area contributed by atoms with E-state index in [1.54, 1.807) is 6.07 Å². The highest BCUT2D eigenvalue weighted by Crippen LogP contribution is 2.14. The quantitative estimate of drug-likeness (QED) is 0.841. The highest BCUT2D eigenvalue weighted by molar-refractivity contribution is 14.1. The maximum atomic E-state index is 11.3. The molecule has 6 heteroatoms. The van der Waals surface area contributed by atoms with Gasteiger partial charge in [-0.25, -0.2) is 9.48 Å². The van der Waals surface area contributed by atoms with E-state index >= 15 is 0 Å². The lowest BCUT2D eigenvalue weighted by Gasteiger charge is -2.07. The molecule has 0 saturated heterocycles. The van der Waals surface area contributed by atoms with E-state index in [9.17, 15) is 9.59 Å². The van der Waals surface area contributed by atoms with Gasteiger partial charge in [0.05, 0.1) is 5.69 Å². The fourth-order valence-corrected chi connectivity index (χ4v) is 1.96. The Morgan fingerprint density at radius 3 is 2.65 bits per heavy atom. The van der Waals surface area contributed by atoms with Crippen molar-refractivity contribution >= 4 is 28.6 Å². The normalized spacial score (nSPS) is 10.2. The summed E-state index contributed by atoms with van der Waals surface area (Å²) < 4.78 is 2.30. The van der Waals surface area contributed by atoms with Gasteiger partial charge in [0.25, 0.3) is 0 Å². The summed E-state index contributed by atoms with van der Waals surface area (Å²) in [5, 5.41) is 12.6. The maximum absolute atomic E-state index is 11.3. The van der Waals surface area contributed by atoms with Crippen LogP contribution in [0.1, 0.15) is 10.5 Å². The molecule has 0 radical (unpaired) electrons. The van der Waals surface area contributed by atoms with Crippen molar-refractivity contribution in [2.75, 3.05) is 0 Å². The van der Waals surface area contributed by atoms with Crippen molar-refractivity contribution in [3.63, 3.8) is 0 Å². The summed E-state index contributed by atoms with van der Waals surface area (Å²) in [7, 11) is 0. The second-order valence-corrected chi connectivity index (χ2v) is 4.39. The first-order valence-corrected chi connectivity index (χ1v) is 5.75. The lowest BCUT2D eigenvalue weighted by Crippen LogP contribution is -2.20. The van der Waals surface area contributed by atoms with Crippen LogP contribution < -0.4 is 5.43 Å². The average Bonchev–Trinajstić information content (AvgIpc) is 2.30. The number of halogens is 1. The number of hydrogen-bond acceptors (Lipinski definition) is 3. The van der Waals surface area contributed by atoms with E-state index in [-0.39, 0.29) is 0 Å². The second-order valence-electron chi connectivity index (χ2n) is 3.23. The first-order valence-electron chi connectivity index (χ1n) is 4.68. The van der Waals surface area contributed by atoms with Gasteiger partial charge in [-0.05, 0) is 34.7 Å². The molecule has 0 saturated carbocycles. The molecule has 0 aliphatic carbocycles. The Balaban J connectivity index is 2.62. The molecule has 0 unspecified atom stereocenters. The fraction of sp³-hybridized carbons (Fsp3) is 0. The van der Waals surface area contributed by atoms with Crippen LogP contribution in [0, 0.1) is 3.57 Å². The lowest BCUT2D eigenvalue weighted by molar-refractivity contribution is 0.0687. The van der Waals surface area contributed by atoms with Gasteiger partial charge in [-0.2, -0.15) is 5.10 Å². The smallest absolute Gasteiger partial charge is 0.360 e. The Kier molecular flexibility index (Phi) is 3.23. The largest absolute Gasteiger partial charge is 0.476 e. The Hall–Kier alpha value is -1.70. The summed E-state index contributed by atoms with van der Waals surface area (Å²) in [4.78, 5) is 22.1. The standard InChI is InChI=1S/C11H7IN2O3/c12-7-3-1-2-4-8(7)14-6-5-9(15)10(13-14)11(16)17/h1-6H,(H,16,17). The third kappa shape index (κ3) is 2.36. The average molecular weight is 342 g/mol. The highest BCUT2D eigenvalue weighted by atomic mass is 127. The minimum absolute atomic E-state index is 0.479. The monoisotopic (exact) mass is 342 g/mol. The molecule has 86 valence electrons. The molecule has 0 fully saturated rings. The van der Waals surface area contributed by atoms with Gasteiger partial charge in [0.15, 0.2) is 0 Å². The molecule has 0 aliphatic heterocycles. The van der Waals surface area contributed by atoms with Crippen molar-refractivity contribution in [2.45, 2.75) is 0 Å². The van der Waals surface area contributed by atoms with Crippen LogP contribution in [0.25, 0.3) is 5.69 Å². The number of carbonyl (C=O) groups is 1. The summed E-state index contributed by atoms with van der Waals surface area (Å²) >= 11 is 2.12. The molecule has 2 aromatic rings. The van der Waals surface area contributed by atoms with Gasteiger partial charge >= 0.3 is 5.97 Å². The van der Waals surface area contributed by atoms with Crippen molar-refractivity contribution in [1.82, 2.24) is 9.78 Å². The van der Waals surface area contributed by atoms with E-state index in [1.165, 1.54) is 16.9 Å². The molecule has 0 aliphatic rings. The van der Waals surface area contributed by atoms with E-state index in [1.807, 2.05) is 18.2 Å². The van der Waals surface area contributed by atoms with Gasteiger partial charge in [0.1, 0.15) is 0 Å². The van der Waals surface area contributed by atoms with Gasteiger partial charge in [-0.3, -0.25) is 4.79 Å². The number of benzene rings is 1. The van der Waals surface area contributed by atoms with E-state index in [0.717, 1.165) is 9.26 Å². The van der Waals surface area contributed by atoms with E-state index in [0.29, 0.717) is 0 Å². The SMILES string of the molecule is O=C(O)c1nn(-c2ccccc2I)ccc1=O. The zero-order valence-corrected chi connectivity index (χ0v) is 10.7. The first kappa shape index (κ1) is 11.8. The molecular formula is C11H7IN2O3. The Labute approximate surface area is 110 Å². The molecule has 1 N–H and O–H groups in total. The number of rotatable bonds is 2. The van der Waals surface area contributed by atoms with Crippen molar-refractivity contribution in [3.05, 3.63) is 56.0 Å². The van der Waals surface area contributed by atoms with Crippen LogP contribution >= 0.6 is 22.6 Å². The van der Waals surface area contributed by atoms with Crippen molar-refractivity contribution in [3.8, 4) is 5.69 Å². The minimum atomic E-state index is -1.32. The summed E-state index contributed by atoms with van der Waals surface area (Å²) in [6.07, 6.45) is 1.45. The molecule has 2 rings (SSSR count). The van der Waals surface area contributed by atoms with Gasteiger partial charge in [0.2, 0.25) is 11.1 Å². The van der Waals surface area contributed by atoms with Gasteiger partial charge in [-0.1, -0.05) is 12.1 Å². The Morgan fingerprint density at radius 1 is 1.29 bits per heavy atom. The van der Waals surface area contributed by atoms with E-state index in [2.05, 4.69) is 27.7 Å². The van der Waals surface area contributed by atoms with Crippen LogP contribution in [0.15, 0.2) is 41.3 Å². The lowest BCUT2D eigenvalue weighted by atomic mass is 10.3. The molecule has 1 aromatic heterocycles. The van der Waals surface area contributed by atoms with Gasteiger partial charge in [0, 0.05) is 15.8 Å². The summed E-state index contributed by atoms with van der Waals surface area (Å²) in [5.41, 5.74) is -0.345. The molecule has 0 amide bonds. The summed E-state index contributed by atoms with van der Waals surface area (Å²) in [6, 6.07) is 8.55. The van der Waals surface area contributed by atoms with Crippen LogP contribution in [0.4, 0.5) is 0 Å². The summed E-state index contributed by atoms with van der Waals surface area (Å²) in [6.45, 7) is 0. The van der Waals surface area contributed by atoms with Crippen LogP contribution in [-0.2, 0) is 0 Å². The Morgan fingerprint density at radius 2 is 2.00 bits per heavy atom. The van der Waals surface area contributed by atoms with Crippen molar-refractivity contribution in [2.24, 2.45) is 0 Å². The van der Waals surface area contributed by atoms with Crippen LogP contribution in [-0.4, -0.2) is 20.9 Å². The molecule has 0 atom stereocenters. The fourth-order valence-electron chi connectivity index (χ4n) is 1.33. The molecule has 1 heterocycles. The van der Waals surface area contributed by atoms with Crippen LogP contribution in [0.2, 0.25) is 0 Å². The second kappa shape index (κ2) is 4.66. The van der Waals surface area contributed by atoms with Crippen molar-refractivity contribution in [1.29, 1.82) is 0 Å². The third-order valence-electron chi connectivity index (χ3n) is 2.11. The maximum Gasteiger partial charge on any atom is 0.360 e. The predicted octanol–water partition coefficient (Wildman–Crippen LogP) is 1.54. The van der Waals surface area contributed by atoms with Gasteiger partial charge in [-0.15, -0.1) is 0 Å². The van der Waals surface area contributed by atoms with Crippen molar-refractivity contribution < 1.29 is 9.90 Å². The first-order chi connectivity index (χ1) is 8.09. The van der Waals surface area contributed by atoms with Crippen LogP contribution in [0.5, 0.6) is 0 Å². The molecule has 17 heavy (non-hydrogen) atoms. The molecular weight excluding hydrogens is 335 g/mol. The number of aromatic nitrogens is 2. The number of para-hydroxylation sites is 1. The highest BCUT2D eigenvalue weighted by Gasteiger charge is 2.11. The molecule has 1 aromatic carbocycles. The number of carboxylic acid groups (broad SMARTS) is 1. The van der Waals surface area contributed by atoms with E-state index < -0.39 is 17.1 Å². The van der Waals surface area contributed by atoms with Crippen LogP contribution in [0.3, 0.4) is 0 Å². The number of carboxylic acids is 1. The number of nitrogens with zero attached hydrogens (tertiary/aromatic N) is 2. The number of hydrogen-bond donors (Lipinski definition) is 1. The van der Waals surface area contributed by atoms with Gasteiger partial charge < -0.3 is 5.11 Å². The number of aromatic carboxylic acids is 1. The zero-order valence-electron chi connectivity index (χ0n) is 8.50. The molecule has 5 nitrogen and oxygen atoms in total. The molecule has 0 spiro atoms.